The van der Waals surface area contributed by atoms with Gasteiger partial charge < -0.3 is 10.2 Å². The Morgan fingerprint density at radius 3 is 2.42 bits per heavy atom. The standard InChI is InChI=1S/C18H15N3O5/c22-10-13-8-15(11-23)20(19-13)17-7-6-14(21(25)26)9-16(17)18(24)12-4-2-1-3-5-12/h1-9,22-23H,10-11H2. The van der Waals surface area contributed by atoms with E-state index in [2.05, 4.69) is 5.10 Å². The van der Waals surface area contributed by atoms with Crippen molar-refractivity contribution in [1.82, 2.24) is 9.78 Å². The fourth-order valence-corrected chi connectivity index (χ4v) is 2.62. The maximum Gasteiger partial charge on any atom is 0.270 e. The monoisotopic (exact) mass is 353 g/mol. The predicted octanol–water partition coefficient (Wildman–Crippen LogP) is 2.00. The molecule has 0 fully saturated rings. The Morgan fingerprint density at radius 2 is 1.81 bits per heavy atom. The second kappa shape index (κ2) is 7.26. The molecule has 3 aromatic rings. The summed E-state index contributed by atoms with van der Waals surface area (Å²) >= 11 is 0. The quantitative estimate of drug-likeness (QED) is 0.397. The molecule has 3 rings (SSSR count). The number of non-ortho nitro benzene ring substituents is 1. The van der Waals surface area contributed by atoms with E-state index in [1.165, 1.54) is 28.9 Å². The highest BCUT2D eigenvalue weighted by Gasteiger charge is 2.21. The molecule has 2 aromatic carbocycles. The number of hydrogen-bond donors (Lipinski definition) is 2. The van der Waals surface area contributed by atoms with Gasteiger partial charge in [0.1, 0.15) is 0 Å². The second-order valence-corrected chi connectivity index (χ2v) is 5.51. The van der Waals surface area contributed by atoms with E-state index in [0.29, 0.717) is 17.0 Å². The van der Waals surface area contributed by atoms with Gasteiger partial charge in [-0.1, -0.05) is 30.3 Å². The molecule has 0 unspecified atom stereocenters. The number of aliphatic hydroxyl groups is 2. The fraction of sp³-hybridized carbons (Fsp3) is 0.111. The summed E-state index contributed by atoms with van der Waals surface area (Å²) < 4.78 is 1.31. The average molecular weight is 353 g/mol. The molecular weight excluding hydrogens is 338 g/mol. The third kappa shape index (κ3) is 3.23. The molecule has 132 valence electrons. The lowest BCUT2D eigenvalue weighted by molar-refractivity contribution is -0.384. The van der Waals surface area contributed by atoms with Crippen LogP contribution >= 0.6 is 0 Å². The van der Waals surface area contributed by atoms with Crippen molar-refractivity contribution in [1.29, 1.82) is 0 Å². The van der Waals surface area contributed by atoms with Crippen LogP contribution in [-0.4, -0.2) is 30.7 Å². The lowest BCUT2D eigenvalue weighted by atomic mass is 10.0. The number of nitro groups is 1. The number of hydrogen-bond acceptors (Lipinski definition) is 6. The third-order valence-electron chi connectivity index (χ3n) is 3.86. The minimum Gasteiger partial charge on any atom is -0.390 e. The third-order valence-corrected chi connectivity index (χ3v) is 3.86. The summed E-state index contributed by atoms with van der Waals surface area (Å²) in [7, 11) is 0. The van der Waals surface area contributed by atoms with Crippen LogP contribution in [0.3, 0.4) is 0 Å². The minimum absolute atomic E-state index is 0.0766. The van der Waals surface area contributed by atoms with Gasteiger partial charge in [-0.15, -0.1) is 0 Å². The van der Waals surface area contributed by atoms with Gasteiger partial charge in [-0.25, -0.2) is 4.68 Å². The van der Waals surface area contributed by atoms with Crippen LogP contribution < -0.4 is 0 Å². The van der Waals surface area contributed by atoms with Crippen LogP contribution in [0.15, 0.2) is 54.6 Å². The number of nitrogens with zero attached hydrogens (tertiary/aromatic N) is 3. The summed E-state index contributed by atoms with van der Waals surface area (Å²) in [6.07, 6.45) is 0. The second-order valence-electron chi connectivity index (χ2n) is 5.51. The van der Waals surface area contributed by atoms with Crippen LogP contribution in [-0.2, 0) is 13.2 Å². The highest BCUT2D eigenvalue weighted by molar-refractivity contribution is 6.11. The highest BCUT2D eigenvalue weighted by Crippen LogP contribution is 2.25. The number of nitro benzene ring substituents is 1. The van der Waals surface area contributed by atoms with Crippen molar-refractivity contribution in [3.63, 3.8) is 0 Å². The zero-order chi connectivity index (χ0) is 18.7. The molecule has 0 aliphatic rings. The van der Waals surface area contributed by atoms with E-state index in [1.807, 2.05) is 0 Å². The lowest BCUT2D eigenvalue weighted by Gasteiger charge is -2.11. The molecule has 8 heteroatoms. The Bertz CT molecular complexity index is 966. The molecule has 26 heavy (non-hydrogen) atoms. The van der Waals surface area contributed by atoms with Crippen molar-refractivity contribution in [2.75, 3.05) is 0 Å². The van der Waals surface area contributed by atoms with Gasteiger partial charge in [0.25, 0.3) is 5.69 Å². The van der Waals surface area contributed by atoms with Gasteiger partial charge in [-0.3, -0.25) is 14.9 Å². The van der Waals surface area contributed by atoms with Crippen LogP contribution in [0.25, 0.3) is 5.69 Å². The number of ketones is 1. The van der Waals surface area contributed by atoms with Crippen LogP contribution in [0.2, 0.25) is 0 Å². The number of rotatable bonds is 6. The first-order valence-corrected chi connectivity index (χ1v) is 7.73. The zero-order valence-corrected chi connectivity index (χ0v) is 13.6. The highest BCUT2D eigenvalue weighted by atomic mass is 16.6. The molecule has 1 aromatic heterocycles. The average Bonchev–Trinajstić information content (AvgIpc) is 3.11. The first-order valence-electron chi connectivity index (χ1n) is 7.73. The number of benzene rings is 2. The molecule has 2 N–H and O–H groups in total. The first-order chi connectivity index (χ1) is 12.5. The van der Waals surface area contributed by atoms with Gasteiger partial charge in [0.15, 0.2) is 5.78 Å². The molecule has 8 nitrogen and oxygen atoms in total. The Balaban J connectivity index is 2.21. The predicted molar refractivity (Wildman–Crippen MR) is 91.9 cm³/mol. The van der Waals surface area contributed by atoms with Crippen molar-refractivity contribution in [3.05, 3.63) is 87.2 Å². The summed E-state index contributed by atoms with van der Waals surface area (Å²) in [5.74, 6) is -0.408. The van der Waals surface area contributed by atoms with E-state index >= 15 is 0 Å². The number of aromatic nitrogens is 2. The van der Waals surface area contributed by atoms with Gasteiger partial charge in [-0.2, -0.15) is 5.10 Å². The summed E-state index contributed by atoms with van der Waals surface area (Å²) in [6.45, 7) is -0.710. The molecule has 0 saturated heterocycles. The molecule has 0 aliphatic heterocycles. The smallest absolute Gasteiger partial charge is 0.270 e. The number of aliphatic hydroxyl groups excluding tert-OH is 2. The van der Waals surface area contributed by atoms with Gasteiger partial charge in [-0.05, 0) is 12.1 Å². The Labute approximate surface area is 148 Å². The van der Waals surface area contributed by atoms with Crippen molar-refractivity contribution < 1.29 is 19.9 Å². The van der Waals surface area contributed by atoms with E-state index in [0.717, 1.165) is 0 Å². The van der Waals surface area contributed by atoms with Crippen LogP contribution in [0, 0.1) is 10.1 Å². The molecule has 0 spiro atoms. The first kappa shape index (κ1) is 17.5. The molecule has 0 bridgehead atoms. The number of carbonyl (C=O) groups is 1. The van der Waals surface area contributed by atoms with Gasteiger partial charge >= 0.3 is 0 Å². The summed E-state index contributed by atoms with van der Waals surface area (Å²) in [6, 6.07) is 13.7. The van der Waals surface area contributed by atoms with E-state index in [1.54, 1.807) is 30.3 Å². The van der Waals surface area contributed by atoms with Gasteiger partial charge in [0.05, 0.1) is 40.8 Å². The summed E-state index contributed by atoms with van der Waals surface area (Å²) in [4.78, 5) is 23.5. The molecule has 1 heterocycles. The topological polar surface area (TPSA) is 118 Å². The van der Waals surface area contributed by atoms with E-state index in [4.69, 9.17) is 0 Å². The van der Waals surface area contributed by atoms with Gasteiger partial charge in [0.2, 0.25) is 0 Å². The van der Waals surface area contributed by atoms with E-state index in [-0.39, 0.29) is 30.2 Å². The molecule has 0 amide bonds. The fourth-order valence-electron chi connectivity index (χ4n) is 2.62. The SMILES string of the molecule is O=C(c1ccccc1)c1cc([N+](=O)[O-])ccc1-n1nc(CO)cc1CO. The zero-order valence-electron chi connectivity index (χ0n) is 13.6. The van der Waals surface area contributed by atoms with Crippen molar-refractivity contribution >= 4 is 11.5 Å². The van der Waals surface area contributed by atoms with Crippen LogP contribution in [0.5, 0.6) is 0 Å². The normalized spacial score (nSPS) is 10.7. The molecule has 0 radical (unpaired) electrons. The Hall–Kier alpha value is -3.36. The molecule has 0 atom stereocenters. The summed E-state index contributed by atoms with van der Waals surface area (Å²) in [5, 5.41) is 34.1. The largest absolute Gasteiger partial charge is 0.390 e. The minimum atomic E-state index is -0.583. The summed E-state index contributed by atoms with van der Waals surface area (Å²) in [5.41, 5.74) is 1.17. The molecule has 0 saturated carbocycles. The number of carbonyl (C=O) groups excluding carboxylic acids is 1. The molecule has 0 aliphatic carbocycles. The van der Waals surface area contributed by atoms with Gasteiger partial charge in [0, 0.05) is 17.7 Å². The Morgan fingerprint density at radius 1 is 1.08 bits per heavy atom. The van der Waals surface area contributed by atoms with E-state index in [9.17, 15) is 25.1 Å². The lowest BCUT2D eigenvalue weighted by Crippen LogP contribution is -2.11. The van der Waals surface area contributed by atoms with Crippen LogP contribution in [0.1, 0.15) is 27.3 Å². The maximum atomic E-state index is 12.9. The molecular formula is C18H15N3O5. The van der Waals surface area contributed by atoms with E-state index < -0.39 is 10.7 Å². The van der Waals surface area contributed by atoms with Crippen molar-refractivity contribution in [2.45, 2.75) is 13.2 Å². The van der Waals surface area contributed by atoms with Crippen molar-refractivity contribution in [2.24, 2.45) is 0 Å². The maximum absolute atomic E-state index is 12.9. The van der Waals surface area contributed by atoms with Crippen molar-refractivity contribution in [3.8, 4) is 5.69 Å². The van der Waals surface area contributed by atoms with Crippen LogP contribution in [0.4, 0.5) is 5.69 Å². The Kier molecular flexibility index (Phi) is 4.87.